The van der Waals surface area contributed by atoms with Gasteiger partial charge in [0.25, 0.3) is 5.91 Å². The number of aromatic nitrogens is 1. The summed E-state index contributed by atoms with van der Waals surface area (Å²) in [5.74, 6) is -0.0602. The van der Waals surface area contributed by atoms with Gasteiger partial charge in [-0.1, -0.05) is 19.9 Å². The predicted octanol–water partition coefficient (Wildman–Crippen LogP) is 3.51. The van der Waals surface area contributed by atoms with E-state index >= 15 is 0 Å². The van der Waals surface area contributed by atoms with Crippen molar-refractivity contribution < 1.29 is 4.79 Å². The summed E-state index contributed by atoms with van der Waals surface area (Å²) in [5.41, 5.74) is 1.68. The fourth-order valence-corrected chi connectivity index (χ4v) is 2.58. The van der Waals surface area contributed by atoms with Crippen LogP contribution in [0.3, 0.4) is 0 Å². The molecule has 1 amide bonds. The molecule has 0 saturated carbocycles. The van der Waals surface area contributed by atoms with Crippen molar-refractivity contribution in [2.24, 2.45) is 0 Å². The van der Waals surface area contributed by atoms with Gasteiger partial charge in [-0.3, -0.25) is 9.78 Å². The molecule has 0 unspecified atom stereocenters. The standard InChI is InChI=1S/C16H18N2OS/c1-12(2)20-15-7-5-14(6-8-15)16(19)18-11-13-4-3-9-17-10-13/h3-10,12H,11H2,1-2H3,(H,18,19). The van der Waals surface area contributed by atoms with E-state index in [1.54, 1.807) is 24.2 Å². The number of carbonyl (C=O) groups excluding carboxylic acids is 1. The zero-order valence-electron chi connectivity index (χ0n) is 11.7. The Balaban J connectivity index is 1.92. The molecule has 4 heteroatoms. The van der Waals surface area contributed by atoms with Crippen LogP contribution in [0.4, 0.5) is 0 Å². The van der Waals surface area contributed by atoms with Gasteiger partial charge in [0.1, 0.15) is 0 Å². The van der Waals surface area contributed by atoms with Crippen molar-refractivity contribution in [2.75, 3.05) is 0 Å². The summed E-state index contributed by atoms with van der Waals surface area (Å²) in [5, 5.41) is 3.43. The summed E-state index contributed by atoms with van der Waals surface area (Å²) in [6.07, 6.45) is 3.47. The number of hydrogen-bond acceptors (Lipinski definition) is 3. The van der Waals surface area contributed by atoms with Crippen molar-refractivity contribution in [1.82, 2.24) is 10.3 Å². The molecule has 1 aromatic carbocycles. The summed E-state index contributed by atoms with van der Waals surface area (Å²) in [6, 6.07) is 11.5. The maximum atomic E-state index is 12.0. The molecule has 2 rings (SSSR count). The fraction of sp³-hybridized carbons (Fsp3) is 0.250. The Kier molecular flexibility index (Phi) is 5.18. The normalized spacial score (nSPS) is 10.6. The lowest BCUT2D eigenvalue weighted by molar-refractivity contribution is 0.0951. The number of nitrogens with zero attached hydrogens (tertiary/aromatic N) is 1. The first-order chi connectivity index (χ1) is 9.65. The summed E-state index contributed by atoms with van der Waals surface area (Å²) in [4.78, 5) is 17.2. The van der Waals surface area contributed by atoms with Crippen LogP contribution < -0.4 is 5.32 Å². The molecule has 0 bridgehead atoms. The summed E-state index contributed by atoms with van der Waals surface area (Å²) >= 11 is 1.79. The average Bonchev–Trinajstić information content (AvgIpc) is 2.46. The Bertz CT molecular complexity index is 552. The van der Waals surface area contributed by atoms with E-state index in [2.05, 4.69) is 24.1 Å². The zero-order chi connectivity index (χ0) is 14.4. The molecule has 0 fully saturated rings. The monoisotopic (exact) mass is 286 g/mol. The quantitative estimate of drug-likeness (QED) is 0.855. The Hall–Kier alpha value is -1.81. The van der Waals surface area contributed by atoms with Crippen molar-refractivity contribution >= 4 is 17.7 Å². The van der Waals surface area contributed by atoms with E-state index in [1.807, 2.05) is 36.4 Å². The number of nitrogens with one attached hydrogen (secondary N) is 1. The number of carbonyl (C=O) groups is 1. The molecular weight excluding hydrogens is 268 g/mol. The third kappa shape index (κ3) is 4.38. The minimum absolute atomic E-state index is 0.0602. The molecule has 104 valence electrons. The summed E-state index contributed by atoms with van der Waals surface area (Å²) in [6.45, 7) is 4.80. The molecule has 0 aliphatic heterocycles. The zero-order valence-corrected chi connectivity index (χ0v) is 12.5. The van der Waals surface area contributed by atoms with Crippen molar-refractivity contribution in [3.8, 4) is 0 Å². The number of benzene rings is 1. The van der Waals surface area contributed by atoms with Crippen LogP contribution in [-0.2, 0) is 6.54 Å². The Morgan fingerprint density at radius 1 is 1.25 bits per heavy atom. The van der Waals surface area contributed by atoms with Gasteiger partial charge in [0.2, 0.25) is 0 Å². The lowest BCUT2D eigenvalue weighted by Gasteiger charge is -2.07. The lowest BCUT2D eigenvalue weighted by Crippen LogP contribution is -2.22. The van der Waals surface area contributed by atoms with Crippen LogP contribution in [0.25, 0.3) is 0 Å². The number of pyridine rings is 1. The van der Waals surface area contributed by atoms with Gasteiger partial charge in [0, 0.05) is 34.6 Å². The lowest BCUT2D eigenvalue weighted by atomic mass is 10.2. The van der Waals surface area contributed by atoms with Gasteiger partial charge in [0.15, 0.2) is 0 Å². The number of hydrogen-bond donors (Lipinski definition) is 1. The van der Waals surface area contributed by atoms with Crippen LogP contribution in [0.1, 0.15) is 29.8 Å². The van der Waals surface area contributed by atoms with Gasteiger partial charge in [-0.15, -0.1) is 11.8 Å². The Morgan fingerprint density at radius 3 is 2.60 bits per heavy atom. The average molecular weight is 286 g/mol. The molecule has 0 radical (unpaired) electrons. The van der Waals surface area contributed by atoms with Crippen LogP contribution in [0.2, 0.25) is 0 Å². The van der Waals surface area contributed by atoms with E-state index in [1.165, 1.54) is 4.90 Å². The van der Waals surface area contributed by atoms with E-state index in [0.717, 1.165) is 5.56 Å². The van der Waals surface area contributed by atoms with Gasteiger partial charge in [-0.25, -0.2) is 0 Å². The van der Waals surface area contributed by atoms with Gasteiger partial charge in [-0.05, 0) is 35.9 Å². The van der Waals surface area contributed by atoms with E-state index in [4.69, 9.17) is 0 Å². The van der Waals surface area contributed by atoms with Crippen LogP contribution in [0.5, 0.6) is 0 Å². The van der Waals surface area contributed by atoms with E-state index in [0.29, 0.717) is 17.4 Å². The molecule has 1 aromatic heterocycles. The third-order valence-electron chi connectivity index (χ3n) is 2.66. The maximum absolute atomic E-state index is 12.0. The second kappa shape index (κ2) is 7.10. The number of rotatable bonds is 5. The first-order valence-electron chi connectivity index (χ1n) is 6.59. The topological polar surface area (TPSA) is 42.0 Å². The highest BCUT2D eigenvalue weighted by molar-refractivity contribution is 7.99. The first-order valence-corrected chi connectivity index (χ1v) is 7.47. The van der Waals surface area contributed by atoms with Gasteiger partial charge >= 0.3 is 0 Å². The smallest absolute Gasteiger partial charge is 0.251 e. The number of thioether (sulfide) groups is 1. The SMILES string of the molecule is CC(C)Sc1ccc(C(=O)NCc2cccnc2)cc1. The highest BCUT2D eigenvalue weighted by Crippen LogP contribution is 2.22. The minimum atomic E-state index is -0.0602. The molecular formula is C16H18N2OS. The maximum Gasteiger partial charge on any atom is 0.251 e. The molecule has 1 N–H and O–H groups in total. The van der Waals surface area contributed by atoms with Crippen LogP contribution >= 0.6 is 11.8 Å². The van der Waals surface area contributed by atoms with E-state index in [9.17, 15) is 4.79 Å². The second-order valence-electron chi connectivity index (χ2n) is 4.73. The molecule has 0 atom stereocenters. The fourth-order valence-electron chi connectivity index (χ4n) is 1.74. The van der Waals surface area contributed by atoms with Crippen LogP contribution in [-0.4, -0.2) is 16.1 Å². The third-order valence-corrected chi connectivity index (χ3v) is 3.68. The van der Waals surface area contributed by atoms with Gasteiger partial charge in [0.05, 0.1) is 0 Å². The van der Waals surface area contributed by atoms with E-state index < -0.39 is 0 Å². The van der Waals surface area contributed by atoms with Crippen molar-refractivity contribution in [3.05, 3.63) is 59.9 Å². The Labute approximate surface area is 123 Å². The highest BCUT2D eigenvalue weighted by Gasteiger charge is 2.06. The van der Waals surface area contributed by atoms with E-state index in [-0.39, 0.29) is 5.91 Å². The van der Waals surface area contributed by atoms with Crippen LogP contribution in [0, 0.1) is 0 Å². The molecule has 0 spiro atoms. The predicted molar refractivity (Wildman–Crippen MR) is 82.8 cm³/mol. The van der Waals surface area contributed by atoms with Crippen molar-refractivity contribution in [3.63, 3.8) is 0 Å². The largest absolute Gasteiger partial charge is 0.348 e. The van der Waals surface area contributed by atoms with Crippen molar-refractivity contribution in [1.29, 1.82) is 0 Å². The molecule has 3 nitrogen and oxygen atoms in total. The Morgan fingerprint density at radius 2 is 2.00 bits per heavy atom. The van der Waals surface area contributed by atoms with Crippen LogP contribution in [0.15, 0.2) is 53.7 Å². The minimum Gasteiger partial charge on any atom is -0.348 e. The molecule has 0 aliphatic rings. The molecule has 0 saturated heterocycles. The summed E-state index contributed by atoms with van der Waals surface area (Å²) in [7, 11) is 0. The molecule has 0 aliphatic carbocycles. The van der Waals surface area contributed by atoms with Gasteiger partial charge in [-0.2, -0.15) is 0 Å². The summed E-state index contributed by atoms with van der Waals surface area (Å²) < 4.78 is 0. The molecule has 1 heterocycles. The highest BCUT2D eigenvalue weighted by atomic mass is 32.2. The van der Waals surface area contributed by atoms with Crippen molar-refractivity contribution in [2.45, 2.75) is 30.5 Å². The second-order valence-corrected chi connectivity index (χ2v) is 6.38. The molecule has 20 heavy (non-hydrogen) atoms. The molecule has 2 aromatic rings. The number of amides is 1. The van der Waals surface area contributed by atoms with Gasteiger partial charge < -0.3 is 5.32 Å². The first kappa shape index (κ1) is 14.6.